The normalized spacial score (nSPS) is 37.2. The van der Waals surface area contributed by atoms with Crippen LogP contribution in [0.4, 0.5) is 0 Å². The van der Waals surface area contributed by atoms with Crippen molar-refractivity contribution in [1.29, 1.82) is 0 Å². The fourth-order valence-electron chi connectivity index (χ4n) is 7.50. The molecule has 4 aliphatic heterocycles. The van der Waals surface area contributed by atoms with Crippen LogP contribution in [0.3, 0.4) is 0 Å². The van der Waals surface area contributed by atoms with Crippen LogP contribution < -0.4 is 0 Å². The fraction of sp³-hybridized carbons (Fsp3) is 1.00. The molecule has 0 aromatic heterocycles. The van der Waals surface area contributed by atoms with Gasteiger partial charge in [-0.3, -0.25) is 9.80 Å². The summed E-state index contributed by atoms with van der Waals surface area (Å²) < 4.78 is 0. The van der Waals surface area contributed by atoms with Gasteiger partial charge in [0.2, 0.25) is 0 Å². The van der Waals surface area contributed by atoms with E-state index in [2.05, 4.69) is 61.1 Å². The van der Waals surface area contributed by atoms with Gasteiger partial charge >= 0.3 is 0 Å². The molecule has 4 saturated heterocycles. The van der Waals surface area contributed by atoms with Crippen molar-refractivity contribution in [3.63, 3.8) is 0 Å². The Morgan fingerprint density at radius 3 is 2.10 bits per heavy atom. The lowest BCUT2D eigenvalue weighted by atomic mass is 9.62. The van der Waals surface area contributed by atoms with Crippen LogP contribution in [-0.2, 0) is 0 Å². The highest BCUT2D eigenvalue weighted by Crippen LogP contribution is 2.51. The lowest BCUT2D eigenvalue weighted by Crippen LogP contribution is -2.78. The molecular weight excluding hydrogens is 356 g/mol. The maximum Gasteiger partial charge on any atom is 0.0506 e. The third kappa shape index (κ3) is 3.81. The lowest BCUT2D eigenvalue weighted by molar-refractivity contribution is -0.151. The summed E-state index contributed by atoms with van der Waals surface area (Å²) in [5, 5.41) is 0. The quantitative estimate of drug-likeness (QED) is 0.691. The first-order valence-electron chi connectivity index (χ1n) is 12.8. The highest BCUT2D eigenvalue weighted by Gasteiger charge is 2.58. The zero-order valence-electron chi connectivity index (χ0n) is 20.3. The maximum atomic E-state index is 2.90. The Bertz CT molecular complexity index is 555. The number of likely N-dealkylation sites (N-methyl/N-ethyl adjacent to an activating group) is 1. The number of likely N-dealkylation sites (tertiary alicyclic amines) is 4. The zero-order valence-corrected chi connectivity index (χ0v) is 20.3. The van der Waals surface area contributed by atoms with E-state index in [1.807, 2.05) is 0 Å². The molecule has 0 radical (unpaired) electrons. The van der Waals surface area contributed by atoms with Gasteiger partial charge in [0.1, 0.15) is 0 Å². The molecule has 2 spiro atoms. The maximum absolute atomic E-state index is 2.90. The largest absolute Gasteiger partial charge is 0.300 e. The first-order chi connectivity index (χ1) is 13.8. The Kier molecular flexibility index (Phi) is 6.39. The summed E-state index contributed by atoms with van der Waals surface area (Å²) in [6, 6.07) is 2.20. The van der Waals surface area contributed by atoms with Crippen LogP contribution in [0.5, 0.6) is 0 Å². The predicted molar refractivity (Wildman–Crippen MR) is 123 cm³/mol. The van der Waals surface area contributed by atoms with Gasteiger partial charge in [0.15, 0.2) is 0 Å². The predicted octanol–water partition coefficient (Wildman–Crippen LogP) is 3.77. The van der Waals surface area contributed by atoms with Gasteiger partial charge in [-0.25, -0.2) is 0 Å². The minimum atomic E-state index is 0.449. The first kappa shape index (κ1) is 22.0. The van der Waals surface area contributed by atoms with Crippen molar-refractivity contribution < 1.29 is 0 Å². The molecule has 0 N–H and O–H groups in total. The molecule has 0 amide bonds. The highest BCUT2D eigenvalue weighted by atomic mass is 15.4. The Morgan fingerprint density at radius 1 is 0.828 bits per heavy atom. The molecule has 4 nitrogen and oxygen atoms in total. The van der Waals surface area contributed by atoms with Crippen molar-refractivity contribution in [2.24, 2.45) is 11.3 Å². The molecule has 4 fully saturated rings. The van der Waals surface area contributed by atoms with E-state index in [-0.39, 0.29) is 0 Å². The Hall–Kier alpha value is -0.160. The van der Waals surface area contributed by atoms with Crippen molar-refractivity contribution in [3.8, 4) is 0 Å². The van der Waals surface area contributed by atoms with Gasteiger partial charge < -0.3 is 9.80 Å². The van der Waals surface area contributed by atoms with Gasteiger partial charge in [-0.1, -0.05) is 13.8 Å². The molecule has 3 atom stereocenters. The van der Waals surface area contributed by atoms with E-state index in [9.17, 15) is 0 Å². The summed E-state index contributed by atoms with van der Waals surface area (Å²) in [5.74, 6) is 0.858. The van der Waals surface area contributed by atoms with E-state index in [1.54, 1.807) is 0 Å². The molecule has 0 aliphatic carbocycles. The van der Waals surface area contributed by atoms with Crippen molar-refractivity contribution >= 4 is 0 Å². The van der Waals surface area contributed by atoms with Gasteiger partial charge in [0, 0.05) is 37.8 Å². The average Bonchev–Trinajstić information content (AvgIpc) is 3.09. The van der Waals surface area contributed by atoms with Crippen LogP contribution in [0.25, 0.3) is 0 Å². The number of rotatable bonds is 5. The SMILES string of the molecule is CCN1CCC2(CCN(C(C)C)C2)CC1C1CCCN(CC)C12CN(C(C)C)C2. The van der Waals surface area contributed by atoms with Crippen molar-refractivity contribution in [1.82, 2.24) is 19.6 Å². The van der Waals surface area contributed by atoms with Crippen LogP contribution in [0.1, 0.15) is 73.6 Å². The molecule has 4 rings (SSSR count). The number of hydrogen-bond acceptors (Lipinski definition) is 4. The van der Waals surface area contributed by atoms with Gasteiger partial charge in [0.25, 0.3) is 0 Å². The summed E-state index contributed by atoms with van der Waals surface area (Å²) in [4.78, 5) is 11.3. The summed E-state index contributed by atoms with van der Waals surface area (Å²) in [6.45, 7) is 24.8. The van der Waals surface area contributed by atoms with Crippen LogP contribution in [0.15, 0.2) is 0 Å². The molecular formula is C25H48N4. The fourth-order valence-corrected chi connectivity index (χ4v) is 7.50. The molecule has 3 unspecified atom stereocenters. The molecule has 0 saturated carbocycles. The minimum Gasteiger partial charge on any atom is -0.300 e. The van der Waals surface area contributed by atoms with Crippen LogP contribution in [-0.4, -0.2) is 95.6 Å². The van der Waals surface area contributed by atoms with Crippen LogP contribution in [0.2, 0.25) is 0 Å². The Morgan fingerprint density at radius 2 is 1.52 bits per heavy atom. The van der Waals surface area contributed by atoms with E-state index in [0.29, 0.717) is 23.0 Å². The van der Waals surface area contributed by atoms with E-state index in [4.69, 9.17) is 0 Å². The zero-order chi connectivity index (χ0) is 20.8. The van der Waals surface area contributed by atoms with Crippen molar-refractivity contribution in [2.45, 2.75) is 97.3 Å². The number of hydrogen-bond donors (Lipinski definition) is 0. The summed E-state index contributed by atoms with van der Waals surface area (Å²) >= 11 is 0. The van der Waals surface area contributed by atoms with Crippen LogP contribution >= 0.6 is 0 Å². The molecule has 0 aromatic carbocycles. The van der Waals surface area contributed by atoms with Gasteiger partial charge in [0.05, 0.1) is 5.54 Å². The van der Waals surface area contributed by atoms with Crippen LogP contribution in [0, 0.1) is 11.3 Å². The third-order valence-corrected chi connectivity index (χ3v) is 9.44. The summed E-state index contributed by atoms with van der Waals surface area (Å²) in [5.41, 5.74) is 1.04. The van der Waals surface area contributed by atoms with Gasteiger partial charge in [-0.2, -0.15) is 0 Å². The third-order valence-electron chi connectivity index (χ3n) is 9.44. The lowest BCUT2D eigenvalue weighted by Gasteiger charge is -2.66. The Labute approximate surface area is 181 Å². The number of piperidine rings is 2. The standard InChI is InChI=1S/C25H48N4/c1-7-26-14-11-24(12-15-27(17-24)20(3)4)16-23(26)22-10-9-13-29(8-2)25(22)18-28(19-25)21(5)6/h20-23H,7-19H2,1-6H3. The minimum absolute atomic E-state index is 0.449. The molecule has 0 aromatic rings. The number of nitrogens with zero attached hydrogens (tertiary/aromatic N) is 4. The van der Waals surface area contributed by atoms with Gasteiger partial charge in [-0.05, 0) is 104 Å². The smallest absolute Gasteiger partial charge is 0.0506 e. The monoisotopic (exact) mass is 404 g/mol. The topological polar surface area (TPSA) is 13.0 Å². The molecule has 0 bridgehead atoms. The average molecular weight is 405 g/mol. The van der Waals surface area contributed by atoms with Gasteiger partial charge in [-0.15, -0.1) is 0 Å². The van der Waals surface area contributed by atoms with E-state index in [1.165, 1.54) is 84.5 Å². The molecule has 29 heavy (non-hydrogen) atoms. The van der Waals surface area contributed by atoms with Crippen molar-refractivity contribution in [3.05, 3.63) is 0 Å². The molecule has 4 heteroatoms. The van der Waals surface area contributed by atoms with Crippen molar-refractivity contribution in [2.75, 3.05) is 52.4 Å². The summed E-state index contributed by atoms with van der Waals surface area (Å²) in [7, 11) is 0. The second-order valence-electron chi connectivity index (χ2n) is 11.4. The molecule has 4 heterocycles. The first-order valence-corrected chi connectivity index (χ1v) is 12.8. The Balaban J connectivity index is 1.57. The second kappa shape index (κ2) is 8.41. The van der Waals surface area contributed by atoms with E-state index < -0.39 is 0 Å². The summed E-state index contributed by atoms with van der Waals surface area (Å²) in [6.07, 6.45) is 7.18. The van der Waals surface area contributed by atoms with E-state index >= 15 is 0 Å². The molecule has 4 aliphatic rings. The highest BCUT2D eigenvalue weighted by molar-refractivity contribution is 5.15. The molecule has 168 valence electrons. The second-order valence-corrected chi connectivity index (χ2v) is 11.4. The van der Waals surface area contributed by atoms with E-state index in [0.717, 1.165) is 12.0 Å².